The van der Waals surface area contributed by atoms with Gasteiger partial charge in [0.1, 0.15) is 11.1 Å². The van der Waals surface area contributed by atoms with Crippen molar-refractivity contribution >= 4 is 22.9 Å². The van der Waals surface area contributed by atoms with Crippen molar-refractivity contribution in [2.75, 3.05) is 18.8 Å². The summed E-state index contributed by atoms with van der Waals surface area (Å²) in [6.07, 6.45) is 2.55. The zero-order valence-corrected chi connectivity index (χ0v) is 16.2. The molecule has 0 amide bonds. The van der Waals surface area contributed by atoms with E-state index in [0.29, 0.717) is 24.1 Å². The number of nitrogens with zero attached hydrogens (tertiary/aromatic N) is 3. The molecule has 3 aromatic rings. The quantitative estimate of drug-likeness (QED) is 0.405. The van der Waals surface area contributed by atoms with Gasteiger partial charge in [-0.15, -0.1) is 0 Å². The Morgan fingerprint density at radius 2 is 1.85 bits per heavy atom. The van der Waals surface area contributed by atoms with Crippen molar-refractivity contribution in [3.05, 3.63) is 64.6 Å². The van der Waals surface area contributed by atoms with Gasteiger partial charge in [0.25, 0.3) is 0 Å². The third-order valence-corrected chi connectivity index (χ3v) is 5.50. The summed E-state index contributed by atoms with van der Waals surface area (Å²) in [5, 5.41) is 0. The largest absolute Gasteiger partial charge is 0.549 e. The van der Waals surface area contributed by atoms with Crippen LogP contribution < -0.4 is 11.0 Å². The molecule has 3 rings (SSSR count). The first-order chi connectivity index (χ1) is 12.7. The lowest BCUT2D eigenvalue weighted by Crippen LogP contribution is -2.26. The Labute approximate surface area is 158 Å². The van der Waals surface area contributed by atoms with Crippen LogP contribution in [0, 0.1) is 6.92 Å². The van der Waals surface area contributed by atoms with E-state index in [1.807, 2.05) is 25.1 Å². The number of aromatic nitrogens is 4. The number of nitrogens with one attached hydrogen (secondary N) is 3. The third-order valence-electron chi connectivity index (χ3n) is 3.79. The molecule has 0 saturated heterocycles. The Morgan fingerprint density at radius 3 is 2.54 bits per heavy atom. The summed E-state index contributed by atoms with van der Waals surface area (Å²) < 4.78 is 17.3. The number of aryl methyl sites for hydroxylation is 1. The van der Waals surface area contributed by atoms with Gasteiger partial charge in [-0.2, -0.15) is 20.5 Å². The molecule has 26 heavy (non-hydrogen) atoms. The van der Waals surface area contributed by atoms with E-state index in [4.69, 9.17) is 0 Å². The highest BCUT2D eigenvalue weighted by molar-refractivity contribution is 7.98. The van der Waals surface area contributed by atoms with Crippen molar-refractivity contribution in [3.63, 3.8) is 0 Å². The van der Waals surface area contributed by atoms with Crippen LogP contribution in [0.3, 0.4) is 0 Å². The molecule has 0 aliphatic carbocycles. The number of imidazole rings is 1. The molecular weight excluding hydrogens is 368 g/mol. The van der Waals surface area contributed by atoms with Gasteiger partial charge in [-0.1, -0.05) is 30.3 Å². The van der Waals surface area contributed by atoms with Crippen LogP contribution in [0.2, 0.25) is 0 Å². The topological polar surface area (TPSA) is 108 Å². The van der Waals surface area contributed by atoms with Crippen LogP contribution in [0.1, 0.15) is 17.0 Å². The lowest BCUT2D eigenvalue weighted by atomic mass is 10.2. The smallest absolute Gasteiger partial charge is 0.219 e. The maximum atomic E-state index is 11.7. The van der Waals surface area contributed by atoms with Gasteiger partial charge >= 0.3 is 0 Å². The number of hydrogen-bond acceptors (Lipinski definition) is 5. The van der Waals surface area contributed by atoms with Gasteiger partial charge in [0, 0.05) is 23.7 Å². The summed E-state index contributed by atoms with van der Waals surface area (Å²) in [4.78, 5) is 16.3. The van der Waals surface area contributed by atoms with E-state index in [9.17, 15) is 4.55 Å². The van der Waals surface area contributed by atoms with Gasteiger partial charge in [-0.05, 0) is 18.9 Å². The second-order valence-electron chi connectivity index (χ2n) is 5.70. The standard InChI is InChI=1S/C17H22N6OS2/c1-13-15(21-12-20-13)11-25-10-9-19-17-16(22-26(24)23-17)18-8-7-14-5-3-2-4-6-14/h2-6,12H,7-11H2,1H3,(H,18,22)(H,19,23)(H,20,21). The first-order valence-corrected chi connectivity index (χ1v) is 10.7. The number of hydrogen-bond donors (Lipinski definition) is 3. The molecule has 0 fully saturated rings. The molecule has 0 saturated carbocycles. The van der Waals surface area contributed by atoms with E-state index >= 15 is 0 Å². The fraction of sp³-hybridized carbons (Fsp3) is 0.353. The molecule has 1 atom stereocenters. The summed E-state index contributed by atoms with van der Waals surface area (Å²) in [5.41, 5.74) is 4.56. The van der Waals surface area contributed by atoms with Crippen molar-refractivity contribution in [3.8, 4) is 0 Å². The molecule has 2 heterocycles. The molecule has 0 aliphatic rings. The van der Waals surface area contributed by atoms with E-state index in [1.54, 1.807) is 18.1 Å². The Balaban J connectivity index is 1.54. The molecule has 0 radical (unpaired) electrons. The van der Waals surface area contributed by atoms with Crippen LogP contribution in [0.15, 0.2) is 46.6 Å². The number of benzene rings is 1. The lowest BCUT2D eigenvalue weighted by Gasteiger charge is -1.97. The SMILES string of the molecule is Cc1[nH]cnc1CSCCN=c1[nH][s+]([O-])[nH]c1=NCCc1ccccc1. The molecule has 0 bridgehead atoms. The van der Waals surface area contributed by atoms with Gasteiger partial charge in [0.15, 0.2) is 0 Å². The molecule has 138 valence electrons. The number of aromatic amines is 3. The molecule has 2 aromatic heterocycles. The van der Waals surface area contributed by atoms with Gasteiger partial charge in [-0.3, -0.25) is 9.98 Å². The molecular formula is C17H22N6OS2. The molecule has 1 unspecified atom stereocenters. The zero-order chi connectivity index (χ0) is 18.2. The molecule has 0 spiro atoms. The molecule has 7 nitrogen and oxygen atoms in total. The van der Waals surface area contributed by atoms with Gasteiger partial charge in [-0.25, -0.2) is 4.98 Å². The van der Waals surface area contributed by atoms with Crippen LogP contribution in [-0.4, -0.2) is 42.1 Å². The molecule has 3 N–H and O–H groups in total. The van der Waals surface area contributed by atoms with Crippen LogP contribution in [0.5, 0.6) is 0 Å². The third kappa shape index (κ3) is 5.45. The van der Waals surface area contributed by atoms with Crippen LogP contribution in [0.25, 0.3) is 0 Å². The van der Waals surface area contributed by atoms with E-state index in [2.05, 4.69) is 40.8 Å². The van der Waals surface area contributed by atoms with Gasteiger partial charge in [0.05, 0.1) is 18.6 Å². The van der Waals surface area contributed by atoms with Crippen molar-refractivity contribution < 1.29 is 4.55 Å². The van der Waals surface area contributed by atoms with E-state index in [0.717, 1.165) is 29.3 Å². The summed E-state index contributed by atoms with van der Waals surface area (Å²) in [7, 11) is 0. The predicted octanol–water partition coefficient (Wildman–Crippen LogP) is 2.08. The Kier molecular flexibility index (Phi) is 6.87. The van der Waals surface area contributed by atoms with Crippen molar-refractivity contribution in [1.29, 1.82) is 0 Å². The second-order valence-corrected chi connectivity index (χ2v) is 7.75. The predicted molar refractivity (Wildman–Crippen MR) is 104 cm³/mol. The second kappa shape index (κ2) is 9.56. The fourth-order valence-electron chi connectivity index (χ4n) is 2.38. The van der Waals surface area contributed by atoms with Crippen molar-refractivity contribution in [1.82, 2.24) is 18.7 Å². The first-order valence-electron chi connectivity index (χ1n) is 8.37. The molecule has 9 heteroatoms. The lowest BCUT2D eigenvalue weighted by molar-refractivity contribution is 0.584. The molecule has 1 aromatic carbocycles. The van der Waals surface area contributed by atoms with E-state index in [-0.39, 0.29) is 0 Å². The highest BCUT2D eigenvalue weighted by atomic mass is 32.2. The first kappa shape index (κ1) is 18.7. The number of rotatable bonds is 8. The fourth-order valence-corrected chi connectivity index (χ4v) is 3.95. The summed E-state index contributed by atoms with van der Waals surface area (Å²) >= 11 is 0.424. The highest BCUT2D eigenvalue weighted by Gasteiger charge is 2.01. The average Bonchev–Trinajstić information content (AvgIpc) is 3.21. The zero-order valence-electron chi connectivity index (χ0n) is 14.6. The monoisotopic (exact) mass is 390 g/mol. The minimum atomic E-state index is -1.35. The Hall–Kier alpha value is -2.10. The van der Waals surface area contributed by atoms with Crippen LogP contribution in [-0.2, 0) is 12.2 Å². The van der Waals surface area contributed by atoms with Gasteiger partial charge in [0.2, 0.25) is 11.0 Å². The maximum absolute atomic E-state index is 11.7. The molecule has 0 aliphatic heterocycles. The van der Waals surface area contributed by atoms with Crippen LogP contribution in [0.4, 0.5) is 0 Å². The minimum Gasteiger partial charge on any atom is -0.549 e. The Morgan fingerprint density at radius 1 is 1.12 bits per heavy atom. The van der Waals surface area contributed by atoms with Crippen molar-refractivity contribution in [2.24, 2.45) is 9.98 Å². The maximum Gasteiger partial charge on any atom is 0.219 e. The number of thioether (sulfide) groups is 1. The van der Waals surface area contributed by atoms with Crippen LogP contribution >= 0.6 is 22.9 Å². The van der Waals surface area contributed by atoms with Crippen molar-refractivity contribution in [2.45, 2.75) is 19.1 Å². The average molecular weight is 391 g/mol. The van der Waals surface area contributed by atoms with E-state index in [1.165, 1.54) is 5.56 Å². The number of H-pyrrole nitrogens is 3. The van der Waals surface area contributed by atoms with E-state index < -0.39 is 11.1 Å². The highest BCUT2D eigenvalue weighted by Crippen LogP contribution is 2.11. The summed E-state index contributed by atoms with van der Waals surface area (Å²) in [6, 6.07) is 10.2. The summed E-state index contributed by atoms with van der Waals surface area (Å²) in [6.45, 7) is 3.27. The summed E-state index contributed by atoms with van der Waals surface area (Å²) in [5.74, 6) is 1.72. The normalized spacial score (nSPS) is 13.5. The minimum absolute atomic E-state index is 0.576. The van der Waals surface area contributed by atoms with Gasteiger partial charge < -0.3 is 9.54 Å². The Bertz CT molecular complexity index is 938.